The van der Waals surface area contributed by atoms with Crippen molar-refractivity contribution in [2.45, 2.75) is 20.0 Å². The lowest BCUT2D eigenvalue weighted by Crippen LogP contribution is -2.49. The molecule has 1 aromatic carbocycles. The number of allylic oxidation sites excluding steroid dienone is 5. The van der Waals surface area contributed by atoms with Gasteiger partial charge in [-0.1, -0.05) is 19.2 Å². The number of thiophene rings is 1. The summed E-state index contributed by atoms with van der Waals surface area (Å²) in [5, 5.41) is 22.3. The predicted octanol–water partition coefficient (Wildman–Crippen LogP) is 4.00. The molecular weight excluding hydrogens is 464 g/mol. The topological polar surface area (TPSA) is 80.8 Å². The van der Waals surface area contributed by atoms with E-state index in [0.717, 1.165) is 39.4 Å². The molecule has 0 bridgehead atoms. The van der Waals surface area contributed by atoms with Gasteiger partial charge >= 0.3 is 11.9 Å². The fourth-order valence-electron chi connectivity index (χ4n) is 4.85. The molecule has 0 atom stereocenters. The van der Waals surface area contributed by atoms with Crippen molar-refractivity contribution in [3.63, 3.8) is 0 Å². The van der Waals surface area contributed by atoms with Gasteiger partial charge in [0.1, 0.15) is 27.0 Å². The van der Waals surface area contributed by atoms with Gasteiger partial charge in [-0.2, -0.15) is 0 Å². The van der Waals surface area contributed by atoms with Crippen molar-refractivity contribution in [1.82, 2.24) is 0 Å². The van der Waals surface area contributed by atoms with Crippen LogP contribution in [-0.2, 0) is 0 Å². The third-order valence-electron chi connectivity index (χ3n) is 6.67. The number of hydrogen-bond acceptors (Lipinski definition) is 4. The zero-order chi connectivity index (χ0) is 25.1. The van der Waals surface area contributed by atoms with E-state index in [-0.39, 0.29) is 10.4 Å². The van der Waals surface area contributed by atoms with Gasteiger partial charge in [0.05, 0.1) is 5.56 Å². The molecule has 1 aromatic heterocycles. The highest BCUT2D eigenvalue weighted by Crippen LogP contribution is 2.45. The van der Waals surface area contributed by atoms with Gasteiger partial charge in [-0.05, 0) is 52.2 Å². The Balaban J connectivity index is 2.19. The maximum Gasteiger partial charge on any atom is 0.346 e. The molecule has 2 N–H and O–H groups in total. The number of fused-ring (bicyclic) bond motifs is 2. The molecule has 1 aliphatic carbocycles. The molecule has 6 nitrogen and oxygen atoms in total. The van der Waals surface area contributed by atoms with Crippen LogP contribution < -0.4 is 10.1 Å². The smallest absolute Gasteiger partial charge is 0.346 e. The van der Waals surface area contributed by atoms with Crippen molar-refractivity contribution in [2.75, 3.05) is 33.1 Å². The second-order valence-electron chi connectivity index (χ2n) is 9.60. The summed E-state index contributed by atoms with van der Waals surface area (Å²) in [5.74, 6) is -2.43. The SMILES string of the molecule is Cc1sc(C(=O)O)c(C(=O)O)c1C1=C2C=CC(=[N+](C)C)C=C2[Si](C)(C)c2cc(N(C)C)ccc21. The molecule has 1 aliphatic heterocycles. The second-order valence-corrected chi connectivity index (χ2v) is 15.1. The number of nitrogens with zero attached hydrogens (tertiary/aromatic N) is 2. The van der Waals surface area contributed by atoms with Crippen LogP contribution >= 0.6 is 11.3 Å². The van der Waals surface area contributed by atoms with E-state index in [4.69, 9.17) is 0 Å². The van der Waals surface area contributed by atoms with Gasteiger partial charge in [0.25, 0.3) is 0 Å². The molecule has 0 unspecified atom stereocenters. The van der Waals surface area contributed by atoms with Crippen molar-refractivity contribution in [3.8, 4) is 0 Å². The Morgan fingerprint density at radius 1 is 1.06 bits per heavy atom. The number of rotatable bonds is 4. The normalized spacial score (nSPS) is 16.1. The van der Waals surface area contributed by atoms with Crippen LogP contribution in [0, 0.1) is 6.92 Å². The van der Waals surface area contributed by atoms with Crippen molar-refractivity contribution in [2.24, 2.45) is 0 Å². The summed E-state index contributed by atoms with van der Waals surface area (Å²) in [6.07, 6.45) is 6.33. The molecule has 4 rings (SSSR count). The van der Waals surface area contributed by atoms with E-state index in [9.17, 15) is 19.8 Å². The predicted molar refractivity (Wildman–Crippen MR) is 141 cm³/mol. The Morgan fingerprint density at radius 3 is 2.29 bits per heavy atom. The summed E-state index contributed by atoms with van der Waals surface area (Å²) in [4.78, 5) is 26.9. The molecule has 2 aromatic rings. The largest absolute Gasteiger partial charge is 0.478 e. The fraction of sp³-hybridized carbons (Fsp3) is 0.269. The first kappa shape index (κ1) is 23.9. The van der Waals surface area contributed by atoms with E-state index in [1.54, 1.807) is 0 Å². The highest BCUT2D eigenvalue weighted by atomic mass is 32.1. The maximum absolute atomic E-state index is 12.4. The summed E-state index contributed by atoms with van der Waals surface area (Å²) in [5.41, 5.74) is 5.34. The van der Waals surface area contributed by atoms with E-state index in [0.29, 0.717) is 10.4 Å². The highest BCUT2D eigenvalue weighted by molar-refractivity contribution is 7.14. The number of hydrogen-bond donors (Lipinski definition) is 2. The van der Waals surface area contributed by atoms with Crippen LogP contribution in [0.3, 0.4) is 0 Å². The number of aryl methyl sites for hydroxylation is 1. The maximum atomic E-state index is 12.4. The molecule has 0 spiro atoms. The van der Waals surface area contributed by atoms with Gasteiger partial charge < -0.3 is 15.1 Å². The molecule has 2 aliphatic rings. The summed E-state index contributed by atoms with van der Waals surface area (Å²) < 4.78 is 2.07. The lowest BCUT2D eigenvalue weighted by Gasteiger charge is -2.38. The Morgan fingerprint density at radius 2 is 1.74 bits per heavy atom. The highest BCUT2D eigenvalue weighted by Gasteiger charge is 2.42. The van der Waals surface area contributed by atoms with Gasteiger partial charge in [-0.25, -0.2) is 14.2 Å². The van der Waals surface area contributed by atoms with Crippen molar-refractivity contribution in [3.05, 3.63) is 73.6 Å². The van der Waals surface area contributed by atoms with Crippen LogP contribution in [0.25, 0.3) is 5.57 Å². The van der Waals surface area contributed by atoms with Gasteiger partial charge in [0.2, 0.25) is 0 Å². The minimum absolute atomic E-state index is 0.128. The molecule has 2 heterocycles. The molecule has 0 saturated heterocycles. The first-order valence-electron chi connectivity index (χ1n) is 11.0. The van der Waals surface area contributed by atoms with Crippen molar-refractivity contribution in [1.29, 1.82) is 0 Å². The number of benzene rings is 1. The minimum Gasteiger partial charge on any atom is -0.478 e. The molecule has 0 amide bonds. The number of carbonyl (C=O) groups is 2. The average Bonchev–Trinajstić information content (AvgIpc) is 3.11. The first-order chi connectivity index (χ1) is 15.9. The second kappa shape index (κ2) is 8.21. The average molecular weight is 494 g/mol. The van der Waals surface area contributed by atoms with Crippen molar-refractivity contribution >= 4 is 53.5 Å². The van der Waals surface area contributed by atoms with Gasteiger partial charge in [0.15, 0.2) is 5.71 Å². The molecule has 34 heavy (non-hydrogen) atoms. The Labute approximate surface area is 204 Å². The van der Waals surface area contributed by atoms with Crippen LogP contribution in [0.2, 0.25) is 13.1 Å². The van der Waals surface area contributed by atoms with E-state index in [1.807, 2.05) is 47.3 Å². The zero-order valence-electron chi connectivity index (χ0n) is 20.5. The van der Waals surface area contributed by atoms with Crippen LogP contribution in [0.5, 0.6) is 0 Å². The van der Waals surface area contributed by atoms with E-state index < -0.39 is 20.0 Å². The molecule has 8 heteroatoms. The quantitative estimate of drug-likeness (QED) is 0.497. The number of carboxylic acids is 2. The Bertz CT molecular complexity index is 1390. The Hall–Kier alpha value is -3.23. The third-order valence-corrected chi connectivity index (χ3v) is 11.3. The van der Waals surface area contributed by atoms with E-state index in [1.165, 1.54) is 10.4 Å². The van der Waals surface area contributed by atoms with Crippen molar-refractivity contribution < 1.29 is 24.4 Å². The van der Waals surface area contributed by atoms with E-state index >= 15 is 0 Å². The monoisotopic (exact) mass is 493 g/mol. The summed E-state index contributed by atoms with van der Waals surface area (Å²) in [7, 11) is 5.85. The lowest BCUT2D eigenvalue weighted by atomic mass is 9.87. The van der Waals surface area contributed by atoms with Gasteiger partial charge in [-0.15, -0.1) is 11.3 Å². The third kappa shape index (κ3) is 3.57. The van der Waals surface area contributed by atoms with Crippen LogP contribution in [0.4, 0.5) is 5.69 Å². The fourth-order valence-corrected chi connectivity index (χ4v) is 8.91. The summed E-state index contributed by atoms with van der Waals surface area (Å²) in [6.45, 7) is 6.45. The summed E-state index contributed by atoms with van der Waals surface area (Å²) in [6, 6.07) is 6.33. The minimum atomic E-state index is -2.17. The zero-order valence-corrected chi connectivity index (χ0v) is 22.3. The van der Waals surface area contributed by atoms with Crippen LogP contribution in [-0.4, -0.2) is 68.7 Å². The number of anilines is 1. The first-order valence-corrected chi connectivity index (χ1v) is 14.8. The standard InChI is InChI=1S/C26H28N2O4SSi/c1-14-21(23(25(29)30)24(33-14)26(31)32)22-17-10-8-15(27(2)3)12-19(17)34(6,7)20-13-16(28(4)5)9-11-18(20)22/h8-13H,1-7H3,(H-,29,30,31,32)/p+1. The molecule has 0 saturated carbocycles. The molecule has 0 fully saturated rings. The lowest BCUT2D eigenvalue weighted by molar-refractivity contribution is -0.462. The summed E-state index contributed by atoms with van der Waals surface area (Å²) >= 11 is 1.03. The van der Waals surface area contributed by atoms with E-state index in [2.05, 4.69) is 46.9 Å². The molecule has 0 radical (unpaired) electrons. The number of aromatic carboxylic acids is 2. The van der Waals surface area contributed by atoms with Crippen LogP contribution in [0.1, 0.15) is 36.0 Å². The number of carboxylic acid groups (broad SMARTS) is 2. The Kier molecular flexibility index (Phi) is 5.78. The molecular formula is C26H29N2O4SSi+. The molecule has 176 valence electrons. The van der Waals surface area contributed by atoms with Gasteiger partial charge in [0, 0.05) is 42.4 Å². The van der Waals surface area contributed by atoms with Gasteiger partial charge in [-0.3, -0.25) is 0 Å². The van der Waals surface area contributed by atoms with Crippen LogP contribution in [0.15, 0.2) is 47.2 Å².